The Morgan fingerprint density at radius 3 is 2.70 bits per heavy atom. The van der Waals surface area contributed by atoms with E-state index in [9.17, 15) is 4.79 Å². The van der Waals surface area contributed by atoms with Crippen LogP contribution in [0, 0.1) is 0 Å². The predicted octanol–water partition coefficient (Wildman–Crippen LogP) is 2.63. The number of nitrogens with zero attached hydrogens (tertiary/aromatic N) is 4. The third kappa shape index (κ3) is 2.56. The number of fused-ring (bicyclic) bond motifs is 3. The Balaban J connectivity index is 1.73. The molecular weight excluding hydrogens is 290 g/mol. The number of amides is 1. The molecule has 2 aromatic heterocycles. The van der Waals surface area contributed by atoms with Crippen LogP contribution in [0.25, 0.3) is 17.0 Å². The van der Waals surface area contributed by atoms with Crippen molar-refractivity contribution in [1.82, 2.24) is 19.6 Å². The Labute approximate surface area is 133 Å². The second-order valence-electron chi connectivity index (χ2n) is 5.86. The number of imidazole rings is 1. The number of hydrogen-bond donors (Lipinski definition) is 1. The molecule has 116 valence electrons. The fourth-order valence-electron chi connectivity index (χ4n) is 3.05. The van der Waals surface area contributed by atoms with E-state index in [4.69, 9.17) is 0 Å². The van der Waals surface area contributed by atoms with E-state index >= 15 is 0 Å². The molecule has 0 bridgehead atoms. The highest BCUT2D eigenvalue weighted by Gasteiger charge is 2.16. The molecule has 0 aliphatic heterocycles. The maximum absolute atomic E-state index is 11.1. The minimum absolute atomic E-state index is 0.0765. The third-order valence-electron chi connectivity index (χ3n) is 4.15. The largest absolute Gasteiger partial charge is 0.326 e. The smallest absolute Gasteiger partial charge is 0.254 e. The molecule has 0 spiro atoms. The summed E-state index contributed by atoms with van der Waals surface area (Å²) in [5, 5.41) is 11.3. The van der Waals surface area contributed by atoms with Crippen molar-refractivity contribution in [2.75, 3.05) is 5.32 Å². The first-order valence-corrected chi connectivity index (χ1v) is 7.82. The highest BCUT2D eigenvalue weighted by atomic mass is 16.1. The van der Waals surface area contributed by atoms with Crippen LogP contribution in [0.15, 0.2) is 30.5 Å². The SMILES string of the molecule is CC(=O)Nc1ccc(-c2cn3c4c(nnc3n2)CCCC4)cc1. The van der Waals surface area contributed by atoms with Gasteiger partial charge in [-0.1, -0.05) is 12.1 Å². The lowest BCUT2D eigenvalue weighted by atomic mass is 10.0. The molecule has 0 saturated heterocycles. The van der Waals surface area contributed by atoms with Crippen LogP contribution in [0.1, 0.15) is 31.2 Å². The van der Waals surface area contributed by atoms with E-state index in [1.165, 1.54) is 25.5 Å². The lowest BCUT2D eigenvalue weighted by Crippen LogP contribution is -2.12. The Bertz CT molecular complexity index is 882. The van der Waals surface area contributed by atoms with Crippen molar-refractivity contribution < 1.29 is 4.79 Å². The molecule has 1 aliphatic carbocycles. The number of aryl methyl sites for hydroxylation is 2. The van der Waals surface area contributed by atoms with Crippen LogP contribution in [0.4, 0.5) is 5.69 Å². The lowest BCUT2D eigenvalue weighted by molar-refractivity contribution is -0.114. The topological polar surface area (TPSA) is 72.2 Å². The molecule has 6 heteroatoms. The van der Waals surface area contributed by atoms with Crippen molar-refractivity contribution in [2.45, 2.75) is 32.6 Å². The molecule has 2 heterocycles. The van der Waals surface area contributed by atoms with Gasteiger partial charge >= 0.3 is 0 Å². The zero-order chi connectivity index (χ0) is 15.8. The highest BCUT2D eigenvalue weighted by molar-refractivity contribution is 5.88. The average molecular weight is 307 g/mol. The van der Waals surface area contributed by atoms with Gasteiger partial charge in [-0.05, 0) is 37.8 Å². The van der Waals surface area contributed by atoms with Crippen molar-refractivity contribution >= 4 is 17.4 Å². The van der Waals surface area contributed by atoms with Gasteiger partial charge in [-0.2, -0.15) is 5.10 Å². The molecule has 0 atom stereocenters. The Kier molecular flexibility index (Phi) is 3.29. The van der Waals surface area contributed by atoms with Crippen molar-refractivity contribution in [2.24, 2.45) is 0 Å². The Hall–Kier alpha value is -2.76. The van der Waals surface area contributed by atoms with E-state index in [0.29, 0.717) is 5.78 Å². The predicted molar refractivity (Wildman–Crippen MR) is 87.2 cm³/mol. The average Bonchev–Trinajstić information content (AvgIpc) is 2.99. The number of carbonyl (C=O) groups excluding carboxylic acids is 1. The van der Waals surface area contributed by atoms with Gasteiger partial charge in [0.15, 0.2) is 0 Å². The zero-order valence-corrected chi connectivity index (χ0v) is 12.9. The monoisotopic (exact) mass is 307 g/mol. The van der Waals surface area contributed by atoms with Crippen LogP contribution >= 0.6 is 0 Å². The molecule has 0 unspecified atom stereocenters. The summed E-state index contributed by atoms with van der Waals surface area (Å²) in [6.07, 6.45) is 6.42. The minimum atomic E-state index is -0.0765. The minimum Gasteiger partial charge on any atom is -0.326 e. The molecule has 23 heavy (non-hydrogen) atoms. The van der Waals surface area contributed by atoms with Gasteiger partial charge in [-0.3, -0.25) is 9.20 Å². The van der Waals surface area contributed by atoms with Crippen LogP contribution in [0.5, 0.6) is 0 Å². The van der Waals surface area contributed by atoms with Crippen LogP contribution in [0.3, 0.4) is 0 Å². The van der Waals surface area contributed by atoms with Gasteiger partial charge in [0.25, 0.3) is 5.78 Å². The Morgan fingerprint density at radius 1 is 1.13 bits per heavy atom. The second-order valence-corrected chi connectivity index (χ2v) is 5.86. The van der Waals surface area contributed by atoms with E-state index in [-0.39, 0.29) is 5.91 Å². The van der Waals surface area contributed by atoms with Gasteiger partial charge in [0.1, 0.15) is 0 Å². The molecule has 0 saturated carbocycles. The van der Waals surface area contributed by atoms with Crippen LogP contribution < -0.4 is 5.32 Å². The molecule has 4 rings (SSSR count). The first-order valence-electron chi connectivity index (χ1n) is 7.82. The number of rotatable bonds is 2. The number of aromatic nitrogens is 4. The Morgan fingerprint density at radius 2 is 1.91 bits per heavy atom. The van der Waals surface area contributed by atoms with E-state index in [2.05, 4.69) is 24.9 Å². The van der Waals surface area contributed by atoms with E-state index in [1.807, 2.05) is 30.5 Å². The fraction of sp³-hybridized carbons (Fsp3) is 0.294. The van der Waals surface area contributed by atoms with E-state index in [0.717, 1.165) is 35.5 Å². The normalized spacial score (nSPS) is 13.8. The van der Waals surface area contributed by atoms with Crippen molar-refractivity contribution in [3.63, 3.8) is 0 Å². The first kappa shape index (κ1) is 13.9. The van der Waals surface area contributed by atoms with Crippen LogP contribution in [0.2, 0.25) is 0 Å². The summed E-state index contributed by atoms with van der Waals surface area (Å²) < 4.78 is 2.07. The molecule has 0 fully saturated rings. The van der Waals surface area contributed by atoms with Crippen LogP contribution in [-0.2, 0) is 17.6 Å². The summed E-state index contributed by atoms with van der Waals surface area (Å²) >= 11 is 0. The second kappa shape index (κ2) is 5.46. The van der Waals surface area contributed by atoms with Gasteiger partial charge in [0.2, 0.25) is 5.91 Å². The standard InChI is InChI=1S/C17H17N5O/c1-11(23)18-13-8-6-12(7-9-13)15-10-22-16-5-3-2-4-14(16)20-21-17(22)19-15/h6-10H,2-5H2,1H3,(H,18,23). The molecule has 1 aliphatic rings. The van der Waals surface area contributed by atoms with Gasteiger partial charge < -0.3 is 5.32 Å². The maximum atomic E-state index is 11.1. The lowest BCUT2D eigenvalue weighted by Gasteiger charge is -2.14. The number of benzene rings is 1. The summed E-state index contributed by atoms with van der Waals surface area (Å²) in [7, 11) is 0. The zero-order valence-electron chi connectivity index (χ0n) is 12.9. The molecule has 0 radical (unpaired) electrons. The number of nitrogens with one attached hydrogen (secondary N) is 1. The first-order chi connectivity index (χ1) is 11.2. The summed E-state index contributed by atoms with van der Waals surface area (Å²) in [5.41, 5.74) is 4.97. The number of anilines is 1. The number of hydrogen-bond acceptors (Lipinski definition) is 4. The number of carbonyl (C=O) groups is 1. The fourth-order valence-corrected chi connectivity index (χ4v) is 3.05. The molecule has 6 nitrogen and oxygen atoms in total. The summed E-state index contributed by atoms with van der Waals surface area (Å²) in [6.45, 7) is 1.50. The van der Waals surface area contributed by atoms with E-state index in [1.54, 1.807) is 0 Å². The molecule has 1 aromatic carbocycles. The van der Waals surface area contributed by atoms with E-state index < -0.39 is 0 Å². The molecule has 1 amide bonds. The van der Waals surface area contributed by atoms with Crippen molar-refractivity contribution in [3.05, 3.63) is 41.9 Å². The van der Waals surface area contributed by atoms with Crippen LogP contribution in [-0.4, -0.2) is 25.5 Å². The molecular formula is C17H17N5O. The maximum Gasteiger partial charge on any atom is 0.254 e. The van der Waals surface area contributed by atoms with Crippen molar-refractivity contribution in [1.29, 1.82) is 0 Å². The summed E-state index contributed by atoms with van der Waals surface area (Å²) in [6, 6.07) is 7.66. The van der Waals surface area contributed by atoms with Gasteiger partial charge in [-0.25, -0.2) is 4.98 Å². The van der Waals surface area contributed by atoms with Gasteiger partial charge in [-0.15, -0.1) is 5.10 Å². The van der Waals surface area contributed by atoms with Gasteiger partial charge in [0.05, 0.1) is 11.4 Å². The van der Waals surface area contributed by atoms with Crippen molar-refractivity contribution in [3.8, 4) is 11.3 Å². The summed E-state index contributed by atoms with van der Waals surface area (Å²) in [5.74, 6) is 0.568. The summed E-state index contributed by atoms with van der Waals surface area (Å²) in [4.78, 5) is 15.7. The van der Waals surface area contributed by atoms with Gasteiger partial charge in [0, 0.05) is 30.1 Å². The quantitative estimate of drug-likeness (QED) is 0.790. The highest BCUT2D eigenvalue weighted by Crippen LogP contribution is 2.24. The molecule has 1 N–H and O–H groups in total. The molecule has 3 aromatic rings. The third-order valence-corrected chi connectivity index (χ3v) is 4.15.